The van der Waals surface area contributed by atoms with Crippen LogP contribution in [0.5, 0.6) is 0 Å². The molecule has 0 aliphatic heterocycles. The third-order valence-electron chi connectivity index (χ3n) is 3.67. The minimum atomic E-state index is -0.430. The second-order valence-corrected chi connectivity index (χ2v) is 5.56. The number of rotatable bonds is 3. The molecule has 3 rings (SSSR count). The molecule has 0 radical (unpaired) electrons. The minimum absolute atomic E-state index is 0.0848. The van der Waals surface area contributed by atoms with Crippen LogP contribution in [0.15, 0.2) is 48.5 Å². The number of nitrogens with zero attached hydrogens (tertiary/aromatic N) is 1. The summed E-state index contributed by atoms with van der Waals surface area (Å²) in [5, 5.41) is 3.20. The molecule has 1 aromatic heterocycles. The minimum Gasteiger partial charge on any atom is -0.322 e. The second-order valence-electron chi connectivity index (χ2n) is 5.56. The van der Waals surface area contributed by atoms with Gasteiger partial charge in [-0.1, -0.05) is 12.1 Å². The number of anilines is 1. The number of ketones is 1. The number of fused-ring (bicyclic) bond motifs is 1. The van der Waals surface area contributed by atoms with E-state index >= 15 is 0 Å². The number of benzene rings is 2. The molecular formula is C19H15FN2O2. The van der Waals surface area contributed by atoms with Gasteiger partial charge in [-0.3, -0.25) is 14.6 Å². The van der Waals surface area contributed by atoms with Crippen LogP contribution in [0.4, 0.5) is 10.1 Å². The van der Waals surface area contributed by atoms with Crippen LogP contribution in [0.1, 0.15) is 33.3 Å². The van der Waals surface area contributed by atoms with Gasteiger partial charge in [0.1, 0.15) is 5.82 Å². The van der Waals surface area contributed by atoms with E-state index in [9.17, 15) is 14.0 Å². The van der Waals surface area contributed by atoms with Gasteiger partial charge in [0.15, 0.2) is 5.78 Å². The van der Waals surface area contributed by atoms with Crippen molar-refractivity contribution in [2.24, 2.45) is 0 Å². The first-order valence-electron chi connectivity index (χ1n) is 7.43. The largest absolute Gasteiger partial charge is 0.322 e. The molecule has 0 bridgehead atoms. The maximum absolute atomic E-state index is 13.6. The summed E-state index contributed by atoms with van der Waals surface area (Å²) in [6.07, 6.45) is 0. The van der Waals surface area contributed by atoms with Crippen molar-refractivity contribution < 1.29 is 14.0 Å². The van der Waals surface area contributed by atoms with Gasteiger partial charge in [0.05, 0.1) is 11.1 Å². The molecular weight excluding hydrogens is 307 g/mol. The number of pyridine rings is 1. The molecule has 3 aromatic rings. The van der Waals surface area contributed by atoms with Gasteiger partial charge in [-0.25, -0.2) is 4.39 Å². The van der Waals surface area contributed by atoms with Gasteiger partial charge in [0.2, 0.25) is 0 Å². The van der Waals surface area contributed by atoms with Gasteiger partial charge >= 0.3 is 0 Å². The molecule has 0 saturated carbocycles. The molecule has 1 N–H and O–H groups in total. The molecule has 0 fully saturated rings. The molecule has 1 amide bonds. The number of aryl methyl sites for hydroxylation is 1. The summed E-state index contributed by atoms with van der Waals surface area (Å²) in [4.78, 5) is 28.4. The highest BCUT2D eigenvalue weighted by Gasteiger charge is 2.13. The topological polar surface area (TPSA) is 59.1 Å². The van der Waals surface area contributed by atoms with E-state index < -0.39 is 5.82 Å². The highest BCUT2D eigenvalue weighted by atomic mass is 19.1. The lowest BCUT2D eigenvalue weighted by molar-refractivity contribution is 0.101. The predicted octanol–water partition coefficient (Wildman–Crippen LogP) is 4.14. The maximum atomic E-state index is 13.6. The average molecular weight is 322 g/mol. The maximum Gasteiger partial charge on any atom is 0.256 e. The lowest BCUT2D eigenvalue weighted by Crippen LogP contribution is -2.13. The van der Waals surface area contributed by atoms with Crippen molar-refractivity contribution in [1.82, 2.24) is 4.98 Å². The Bertz CT molecular complexity index is 967. The van der Waals surface area contributed by atoms with E-state index in [1.54, 1.807) is 43.3 Å². The quantitative estimate of drug-likeness (QED) is 0.737. The lowest BCUT2D eigenvalue weighted by Gasteiger charge is -2.10. The van der Waals surface area contributed by atoms with Crippen molar-refractivity contribution in [3.63, 3.8) is 0 Å². The van der Waals surface area contributed by atoms with Crippen LogP contribution in [-0.4, -0.2) is 16.7 Å². The molecule has 0 saturated heterocycles. The third kappa shape index (κ3) is 3.15. The van der Waals surface area contributed by atoms with Crippen LogP contribution in [0.3, 0.4) is 0 Å². The number of hydrogen-bond donors (Lipinski definition) is 1. The van der Waals surface area contributed by atoms with Crippen LogP contribution < -0.4 is 5.32 Å². The number of nitrogens with one attached hydrogen (secondary N) is 1. The van der Waals surface area contributed by atoms with E-state index in [4.69, 9.17) is 0 Å². The third-order valence-corrected chi connectivity index (χ3v) is 3.67. The Morgan fingerprint density at radius 2 is 1.88 bits per heavy atom. The van der Waals surface area contributed by atoms with E-state index in [2.05, 4.69) is 10.3 Å². The number of aromatic nitrogens is 1. The number of carbonyl (C=O) groups is 2. The van der Waals surface area contributed by atoms with Gasteiger partial charge in [0, 0.05) is 22.3 Å². The van der Waals surface area contributed by atoms with Crippen LogP contribution in [0, 0.1) is 12.7 Å². The highest BCUT2D eigenvalue weighted by molar-refractivity contribution is 6.12. The summed E-state index contributed by atoms with van der Waals surface area (Å²) in [7, 11) is 0. The Morgan fingerprint density at radius 3 is 2.62 bits per heavy atom. The fourth-order valence-electron chi connectivity index (χ4n) is 2.53. The zero-order chi connectivity index (χ0) is 17.3. The van der Waals surface area contributed by atoms with Gasteiger partial charge in [-0.2, -0.15) is 0 Å². The molecule has 0 atom stereocenters. The van der Waals surface area contributed by atoms with Crippen molar-refractivity contribution in [2.75, 3.05) is 5.32 Å². The number of hydrogen-bond acceptors (Lipinski definition) is 3. The van der Waals surface area contributed by atoms with E-state index in [1.165, 1.54) is 19.1 Å². The van der Waals surface area contributed by atoms with Gasteiger partial charge in [-0.05, 0) is 50.2 Å². The first-order chi connectivity index (χ1) is 11.4. The first-order valence-corrected chi connectivity index (χ1v) is 7.43. The van der Waals surface area contributed by atoms with Crippen molar-refractivity contribution >= 4 is 28.3 Å². The van der Waals surface area contributed by atoms with Crippen LogP contribution >= 0.6 is 0 Å². The summed E-state index contributed by atoms with van der Waals surface area (Å²) in [5.74, 6) is -0.893. The molecule has 24 heavy (non-hydrogen) atoms. The predicted molar refractivity (Wildman–Crippen MR) is 90.8 cm³/mol. The fraction of sp³-hybridized carbons (Fsp3) is 0.105. The number of amides is 1. The SMILES string of the molecule is CC(=O)c1cccc(NC(=O)c2cc(C)nc3ccc(F)cc23)c1. The Labute approximate surface area is 138 Å². The molecule has 1 heterocycles. The summed E-state index contributed by atoms with van der Waals surface area (Å²) in [5.41, 5.74) is 2.57. The van der Waals surface area contributed by atoms with E-state index in [1.807, 2.05) is 0 Å². The molecule has 0 aliphatic carbocycles. The van der Waals surface area contributed by atoms with Crippen LogP contribution in [-0.2, 0) is 0 Å². The lowest BCUT2D eigenvalue weighted by atomic mass is 10.1. The zero-order valence-electron chi connectivity index (χ0n) is 13.3. The summed E-state index contributed by atoms with van der Waals surface area (Å²) < 4.78 is 13.6. The van der Waals surface area contributed by atoms with Crippen molar-refractivity contribution in [2.45, 2.75) is 13.8 Å². The van der Waals surface area contributed by atoms with E-state index in [0.717, 1.165) is 0 Å². The highest BCUT2D eigenvalue weighted by Crippen LogP contribution is 2.21. The Morgan fingerprint density at radius 1 is 1.08 bits per heavy atom. The molecule has 0 spiro atoms. The van der Waals surface area contributed by atoms with Gasteiger partial charge in [0.25, 0.3) is 5.91 Å². The molecule has 0 aliphatic rings. The monoisotopic (exact) mass is 322 g/mol. The van der Waals surface area contributed by atoms with E-state index in [0.29, 0.717) is 33.4 Å². The van der Waals surface area contributed by atoms with Crippen LogP contribution in [0.2, 0.25) is 0 Å². The van der Waals surface area contributed by atoms with Crippen molar-refractivity contribution in [3.8, 4) is 0 Å². The standard InChI is InChI=1S/C19H15FN2O2/c1-11-8-17(16-10-14(20)6-7-18(16)21-11)19(24)22-15-5-3-4-13(9-15)12(2)23/h3-10H,1-2H3,(H,22,24). The fourth-order valence-corrected chi connectivity index (χ4v) is 2.53. The summed E-state index contributed by atoms with van der Waals surface area (Å²) >= 11 is 0. The van der Waals surface area contributed by atoms with E-state index in [-0.39, 0.29) is 11.7 Å². The summed E-state index contributed by atoms with van der Waals surface area (Å²) in [6, 6.07) is 12.5. The summed E-state index contributed by atoms with van der Waals surface area (Å²) in [6.45, 7) is 3.24. The normalized spacial score (nSPS) is 10.6. The Kier molecular flexibility index (Phi) is 4.08. The Hall–Kier alpha value is -3.08. The zero-order valence-corrected chi connectivity index (χ0v) is 13.3. The number of carbonyl (C=O) groups excluding carboxylic acids is 2. The van der Waals surface area contributed by atoms with Crippen LogP contribution in [0.25, 0.3) is 10.9 Å². The number of Topliss-reactive ketones (excluding diaryl/α,β-unsaturated/α-hetero) is 1. The van der Waals surface area contributed by atoms with Gasteiger partial charge in [-0.15, -0.1) is 0 Å². The molecule has 4 nitrogen and oxygen atoms in total. The molecule has 2 aromatic carbocycles. The Balaban J connectivity index is 2.01. The number of halogens is 1. The molecule has 0 unspecified atom stereocenters. The van der Waals surface area contributed by atoms with Crippen molar-refractivity contribution in [1.29, 1.82) is 0 Å². The molecule has 120 valence electrons. The smallest absolute Gasteiger partial charge is 0.256 e. The van der Waals surface area contributed by atoms with Crippen molar-refractivity contribution in [3.05, 3.63) is 71.2 Å². The average Bonchev–Trinajstić information content (AvgIpc) is 2.54. The molecule has 5 heteroatoms. The van der Waals surface area contributed by atoms with Gasteiger partial charge < -0.3 is 5.32 Å². The first kappa shape index (κ1) is 15.8. The second kappa shape index (κ2) is 6.20.